The Morgan fingerprint density at radius 3 is 1.14 bits per heavy atom. The Kier molecular flexibility index (Phi) is 4.97. The molecular weight excluding hydrogens is 295 g/mol. The molecule has 3 fully saturated rings. The molecule has 0 saturated carbocycles. The van der Waals surface area contributed by atoms with Crippen LogP contribution in [0.1, 0.15) is 38.5 Å². The van der Waals surface area contributed by atoms with Gasteiger partial charge in [-0.2, -0.15) is 0 Å². The summed E-state index contributed by atoms with van der Waals surface area (Å²) in [5, 5.41) is 0. The van der Waals surface area contributed by atoms with E-state index in [1.54, 1.807) is 0 Å². The van der Waals surface area contributed by atoms with Crippen molar-refractivity contribution in [3.8, 4) is 0 Å². The van der Waals surface area contributed by atoms with Crippen LogP contribution in [0, 0.1) is 0 Å². The van der Waals surface area contributed by atoms with Gasteiger partial charge in [0.1, 0.15) is 0 Å². The van der Waals surface area contributed by atoms with Gasteiger partial charge in [-0.3, -0.25) is 4.41 Å². The summed E-state index contributed by atoms with van der Waals surface area (Å²) in [6, 6.07) is 0. The van der Waals surface area contributed by atoms with Gasteiger partial charge in [0.15, 0.2) is 15.7 Å². The van der Waals surface area contributed by atoms with Crippen molar-refractivity contribution in [1.82, 2.24) is 14.0 Å². The predicted molar refractivity (Wildman–Crippen MR) is 95.1 cm³/mol. The summed E-state index contributed by atoms with van der Waals surface area (Å²) in [4.78, 5) is 0. The molecule has 0 aromatic heterocycles. The maximum atomic E-state index is 5.71. The Morgan fingerprint density at radius 2 is 0.905 bits per heavy atom. The molecule has 0 amide bonds. The van der Waals surface area contributed by atoms with Crippen LogP contribution < -0.4 is 0 Å². The van der Waals surface area contributed by atoms with E-state index in [1.165, 1.54) is 77.8 Å². The van der Waals surface area contributed by atoms with Gasteiger partial charge >= 0.3 is 0 Å². The second-order valence-electron chi connectivity index (χ2n) is 7.79. The van der Waals surface area contributed by atoms with E-state index >= 15 is 0 Å². The minimum Gasteiger partial charge on any atom is -0.300 e. The zero-order chi connectivity index (χ0) is 14.9. The van der Waals surface area contributed by atoms with Gasteiger partial charge in [-0.25, -0.2) is 14.0 Å². The molecule has 122 valence electrons. The van der Waals surface area contributed by atoms with Gasteiger partial charge in [0.25, 0.3) is 0 Å². The van der Waals surface area contributed by atoms with Crippen LogP contribution in [-0.2, 0) is 0 Å². The van der Waals surface area contributed by atoms with Crippen LogP contribution in [0.4, 0.5) is 0 Å². The van der Waals surface area contributed by atoms with Gasteiger partial charge in [-0.15, -0.1) is 0 Å². The molecule has 0 bridgehead atoms. The van der Waals surface area contributed by atoms with Crippen LogP contribution in [0.15, 0.2) is 4.41 Å². The maximum absolute atomic E-state index is 5.71. The van der Waals surface area contributed by atoms with Gasteiger partial charge < -0.3 is 0 Å². The normalized spacial score (nSPS) is 26.8. The monoisotopic (exact) mass is 328 g/mol. The van der Waals surface area contributed by atoms with E-state index in [0.29, 0.717) is 0 Å². The van der Waals surface area contributed by atoms with E-state index < -0.39 is 15.7 Å². The lowest BCUT2D eigenvalue weighted by molar-refractivity contribution is 0.385. The summed E-state index contributed by atoms with van der Waals surface area (Å²) in [5.74, 6) is 0. The van der Waals surface area contributed by atoms with Gasteiger partial charge in [-0.1, -0.05) is 0 Å². The summed E-state index contributed by atoms with van der Waals surface area (Å²) in [5.41, 5.74) is 0. The van der Waals surface area contributed by atoms with Gasteiger partial charge in [0.05, 0.1) is 0 Å². The molecule has 0 aromatic carbocycles. The second-order valence-corrected chi connectivity index (χ2v) is 15.7. The van der Waals surface area contributed by atoms with Crippen molar-refractivity contribution in [2.75, 3.05) is 39.3 Å². The first kappa shape index (κ1) is 16.2. The summed E-state index contributed by atoms with van der Waals surface area (Å²) in [6.07, 6.45) is 8.28. The Morgan fingerprint density at radius 1 is 0.619 bits per heavy atom. The molecule has 0 radical (unpaired) electrons. The van der Waals surface area contributed by atoms with E-state index in [-0.39, 0.29) is 0 Å². The lowest BCUT2D eigenvalue weighted by atomic mass is 10.4. The molecule has 0 atom stereocenters. The molecule has 0 aliphatic carbocycles. The van der Waals surface area contributed by atoms with Crippen LogP contribution in [0.25, 0.3) is 0 Å². The highest BCUT2D eigenvalue weighted by molar-refractivity contribution is 7.60. The molecule has 0 spiro atoms. The first-order valence-electron chi connectivity index (χ1n) is 8.92. The largest absolute Gasteiger partial charge is 0.300 e. The summed E-state index contributed by atoms with van der Waals surface area (Å²) in [7, 11) is -3.02. The van der Waals surface area contributed by atoms with Crippen LogP contribution in [0.3, 0.4) is 0 Å². The fourth-order valence-corrected chi connectivity index (χ4v) is 12.3. The molecule has 0 aromatic rings. The summed E-state index contributed by atoms with van der Waals surface area (Å²) >= 11 is 0. The van der Waals surface area contributed by atoms with Crippen LogP contribution in [0.5, 0.6) is 0 Å². The molecule has 21 heavy (non-hydrogen) atoms. The Hall–Kier alpha value is 0.327. The molecule has 3 aliphatic rings. The molecule has 4 nitrogen and oxygen atoms in total. The molecule has 3 rings (SSSR count). The Labute approximate surface area is 132 Å². The molecule has 3 aliphatic heterocycles. The van der Waals surface area contributed by atoms with E-state index in [2.05, 4.69) is 33.7 Å². The van der Waals surface area contributed by atoms with E-state index in [9.17, 15) is 0 Å². The average Bonchev–Trinajstić information content (AvgIpc) is 3.15. The van der Waals surface area contributed by atoms with Crippen LogP contribution >= 0.6 is 7.51 Å². The van der Waals surface area contributed by atoms with Crippen molar-refractivity contribution < 1.29 is 0 Å². The molecule has 0 N–H and O–H groups in total. The topological polar surface area (TPSA) is 22.1 Å². The van der Waals surface area contributed by atoms with Gasteiger partial charge in [-0.05, 0) is 58.2 Å². The summed E-state index contributed by atoms with van der Waals surface area (Å²) < 4.78 is 14.2. The SMILES string of the molecule is C[Si](C)(C)N=P(N1CCCC1)(N1CCCC1)N1CCCC1. The highest BCUT2D eigenvalue weighted by Crippen LogP contribution is 2.63. The minimum absolute atomic E-state index is 1.29. The standard InChI is InChI=1S/C15H33N4PSi/c1-21(2,3)16-20(17-10-4-5-11-17,18-12-6-7-13-18)19-14-8-9-15-19/h4-15H2,1-3H3. The lowest BCUT2D eigenvalue weighted by Gasteiger charge is -2.47. The van der Waals surface area contributed by atoms with E-state index in [4.69, 9.17) is 4.41 Å². The molecular formula is C15H33N4PSi. The van der Waals surface area contributed by atoms with Crippen molar-refractivity contribution in [3.63, 3.8) is 0 Å². The second kappa shape index (κ2) is 6.44. The molecule has 3 heterocycles. The number of rotatable bonds is 4. The smallest absolute Gasteiger partial charge is 0.175 e. The Bertz CT molecular complexity index is 355. The number of nitrogens with zero attached hydrogens (tertiary/aromatic N) is 4. The third kappa shape index (κ3) is 3.32. The highest BCUT2D eigenvalue weighted by Gasteiger charge is 2.44. The fourth-order valence-electron chi connectivity index (χ4n) is 4.04. The van der Waals surface area contributed by atoms with Crippen molar-refractivity contribution in [1.29, 1.82) is 0 Å². The predicted octanol–water partition coefficient (Wildman–Crippen LogP) is 4.05. The third-order valence-electron chi connectivity index (χ3n) is 4.82. The van der Waals surface area contributed by atoms with Crippen molar-refractivity contribution >= 4 is 15.7 Å². The van der Waals surface area contributed by atoms with Crippen LogP contribution in [0.2, 0.25) is 19.6 Å². The third-order valence-corrected chi connectivity index (χ3v) is 11.8. The van der Waals surface area contributed by atoms with Crippen LogP contribution in [-0.4, -0.2) is 61.5 Å². The average molecular weight is 329 g/mol. The van der Waals surface area contributed by atoms with Gasteiger partial charge in [0.2, 0.25) is 0 Å². The maximum Gasteiger partial charge on any atom is 0.175 e. The lowest BCUT2D eigenvalue weighted by Crippen LogP contribution is -2.40. The molecule has 6 heteroatoms. The first-order valence-corrected chi connectivity index (χ1v) is 14.0. The zero-order valence-corrected chi connectivity index (χ0v) is 16.1. The first-order chi connectivity index (χ1) is 10.0. The van der Waals surface area contributed by atoms with Crippen molar-refractivity contribution in [2.45, 2.75) is 58.2 Å². The molecule has 3 saturated heterocycles. The highest BCUT2D eigenvalue weighted by atomic mass is 31.2. The van der Waals surface area contributed by atoms with E-state index in [1.807, 2.05) is 0 Å². The van der Waals surface area contributed by atoms with Crippen molar-refractivity contribution in [2.24, 2.45) is 4.41 Å². The van der Waals surface area contributed by atoms with Gasteiger partial charge in [0, 0.05) is 39.3 Å². The summed E-state index contributed by atoms with van der Waals surface area (Å²) in [6.45, 7) is 15.0. The fraction of sp³-hybridized carbons (Fsp3) is 1.00. The molecule has 0 unspecified atom stereocenters. The van der Waals surface area contributed by atoms with E-state index in [0.717, 1.165) is 0 Å². The zero-order valence-electron chi connectivity index (χ0n) is 14.2. The Balaban J connectivity index is 2.06. The number of hydrogen-bond acceptors (Lipinski definition) is 1. The minimum atomic E-state index is -1.57. The quantitative estimate of drug-likeness (QED) is 0.574. The number of hydrogen-bond donors (Lipinski definition) is 0. The van der Waals surface area contributed by atoms with Crippen molar-refractivity contribution in [3.05, 3.63) is 0 Å².